The fraction of sp³-hybridized carbons (Fsp3) is 0.182. The van der Waals surface area contributed by atoms with E-state index in [4.69, 9.17) is 0 Å². The molecule has 6 nitrogen and oxygen atoms in total. The molecule has 102 valence electrons. The Labute approximate surface area is 106 Å². The molecule has 19 heavy (non-hydrogen) atoms. The van der Waals surface area contributed by atoms with Gasteiger partial charge in [0.05, 0.1) is 17.7 Å². The molecular formula is C11H10F2N2O4. The summed E-state index contributed by atoms with van der Waals surface area (Å²) in [5.74, 6) is -3.28. The molecule has 1 N–H and O–H groups in total. The molecule has 0 aromatic heterocycles. The highest BCUT2D eigenvalue weighted by Gasteiger charge is 2.23. The largest absolute Gasteiger partial charge is 0.458 e. The number of hydrogen-bond acceptors (Lipinski definition) is 5. The fourth-order valence-electron chi connectivity index (χ4n) is 1.13. The zero-order valence-electron chi connectivity index (χ0n) is 9.85. The van der Waals surface area contributed by atoms with Crippen LogP contribution in [0.3, 0.4) is 0 Å². The second-order valence-electron chi connectivity index (χ2n) is 3.28. The average Bonchev–Trinajstić information content (AvgIpc) is 2.33. The molecule has 8 heteroatoms. The van der Waals surface area contributed by atoms with Gasteiger partial charge in [0.2, 0.25) is 0 Å². The van der Waals surface area contributed by atoms with Crippen LogP contribution in [0.25, 0.3) is 0 Å². The Morgan fingerprint density at radius 3 is 2.68 bits per heavy atom. The Morgan fingerprint density at radius 1 is 1.47 bits per heavy atom. The summed E-state index contributed by atoms with van der Waals surface area (Å²) in [6.45, 7) is 1.48. The van der Waals surface area contributed by atoms with Crippen molar-refractivity contribution in [1.29, 1.82) is 0 Å². The van der Waals surface area contributed by atoms with Gasteiger partial charge < -0.3 is 10.1 Å². The molecule has 0 saturated carbocycles. The predicted molar refractivity (Wildman–Crippen MR) is 61.7 cm³/mol. The summed E-state index contributed by atoms with van der Waals surface area (Å²) >= 11 is 0. The SMILES string of the molecule is CCOC(=O)C(=CNc1ccc(F)c(F)c1)[N+](=O)[O-]. The minimum atomic E-state index is -1.12. The molecule has 0 heterocycles. The molecule has 0 saturated heterocycles. The number of halogens is 2. The van der Waals surface area contributed by atoms with Crippen LogP contribution >= 0.6 is 0 Å². The maximum atomic E-state index is 12.9. The second-order valence-corrected chi connectivity index (χ2v) is 3.28. The number of rotatable bonds is 5. The number of esters is 1. The molecule has 0 bridgehead atoms. The number of carbonyl (C=O) groups excluding carboxylic acids is 1. The lowest BCUT2D eigenvalue weighted by Gasteiger charge is -2.02. The Bertz CT molecular complexity index is 531. The highest BCUT2D eigenvalue weighted by Crippen LogP contribution is 2.13. The predicted octanol–water partition coefficient (Wildman–Crippen LogP) is 2.06. The van der Waals surface area contributed by atoms with E-state index in [0.717, 1.165) is 24.4 Å². The zero-order chi connectivity index (χ0) is 14.4. The summed E-state index contributed by atoms with van der Waals surface area (Å²) in [5, 5.41) is 12.9. The number of hydrogen-bond donors (Lipinski definition) is 1. The Kier molecular flexibility index (Phi) is 4.92. The molecule has 1 aromatic rings. The van der Waals surface area contributed by atoms with Crippen LogP contribution in [-0.2, 0) is 9.53 Å². The van der Waals surface area contributed by atoms with Gasteiger partial charge in [-0.3, -0.25) is 10.1 Å². The molecule has 0 spiro atoms. The first-order chi connectivity index (χ1) is 8.95. The van der Waals surface area contributed by atoms with Crippen LogP contribution in [0, 0.1) is 21.7 Å². The maximum Gasteiger partial charge on any atom is 0.411 e. The lowest BCUT2D eigenvalue weighted by atomic mass is 10.3. The standard InChI is InChI=1S/C11H10F2N2O4/c1-2-19-11(16)10(15(17)18)6-14-7-3-4-8(12)9(13)5-7/h3-6,14H,2H2,1H3. The number of carbonyl (C=O) groups is 1. The van der Waals surface area contributed by atoms with Crippen molar-refractivity contribution in [1.82, 2.24) is 0 Å². The van der Waals surface area contributed by atoms with Gasteiger partial charge in [0, 0.05) is 11.8 Å². The van der Waals surface area contributed by atoms with E-state index in [2.05, 4.69) is 10.1 Å². The molecule has 1 rings (SSSR count). The van der Waals surface area contributed by atoms with Gasteiger partial charge in [0.15, 0.2) is 11.6 Å². The number of nitro groups is 1. The second kappa shape index (κ2) is 6.43. The lowest BCUT2D eigenvalue weighted by Crippen LogP contribution is -2.16. The number of nitrogens with zero attached hydrogens (tertiary/aromatic N) is 1. The molecule has 0 radical (unpaired) electrons. The highest BCUT2D eigenvalue weighted by atomic mass is 19.2. The van der Waals surface area contributed by atoms with E-state index < -0.39 is 28.2 Å². The average molecular weight is 272 g/mol. The van der Waals surface area contributed by atoms with Gasteiger partial charge in [-0.1, -0.05) is 0 Å². The highest BCUT2D eigenvalue weighted by molar-refractivity contribution is 5.86. The first kappa shape index (κ1) is 14.6. The van der Waals surface area contributed by atoms with Crippen LogP contribution in [0.1, 0.15) is 6.92 Å². The Balaban J connectivity index is 2.89. The zero-order valence-corrected chi connectivity index (χ0v) is 9.85. The van der Waals surface area contributed by atoms with Gasteiger partial charge in [-0.25, -0.2) is 13.6 Å². The fourth-order valence-corrected chi connectivity index (χ4v) is 1.13. The van der Waals surface area contributed by atoms with Crippen molar-refractivity contribution in [2.75, 3.05) is 11.9 Å². The van der Waals surface area contributed by atoms with Crippen LogP contribution in [-0.4, -0.2) is 17.5 Å². The molecule has 0 fully saturated rings. The Hall–Kier alpha value is -2.51. The molecule has 1 aromatic carbocycles. The third kappa shape index (κ3) is 4.02. The molecule has 0 unspecified atom stereocenters. The van der Waals surface area contributed by atoms with E-state index in [1.165, 1.54) is 6.92 Å². The van der Waals surface area contributed by atoms with Crippen LogP contribution in [0.15, 0.2) is 30.1 Å². The summed E-state index contributed by atoms with van der Waals surface area (Å²) in [6, 6.07) is 2.81. The van der Waals surface area contributed by atoms with E-state index in [-0.39, 0.29) is 12.3 Å². The van der Waals surface area contributed by atoms with Gasteiger partial charge >= 0.3 is 11.7 Å². The monoisotopic (exact) mass is 272 g/mol. The van der Waals surface area contributed by atoms with Crippen molar-refractivity contribution >= 4 is 11.7 Å². The van der Waals surface area contributed by atoms with E-state index in [1.54, 1.807) is 0 Å². The van der Waals surface area contributed by atoms with E-state index in [1.807, 2.05) is 0 Å². The van der Waals surface area contributed by atoms with E-state index in [9.17, 15) is 23.7 Å². The summed E-state index contributed by atoms with van der Waals surface area (Å²) in [4.78, 5) is 20.9. The number of anilines is 1. The summed E-state index contributed by atoms with van der Waals surface area (Å²) in [5.41, 5.74) is -0.783. The van der Waals surface area contributed by atoms with Crippen LogP contribution in [0.5, 0.6) is 0 Å². The molecule has 0 amide bonds. The first-order valence-electron chi connectivity index (χ1n) is 5.19. The van der Waals surface area contributed by atoms with Gasteiger partial charge in [0.25, 0.3) is 0 Å². The molecule has 0 aliphatic heterocycles. The summed E-state index contributed by atoms with van der Waals surface area (Å²) < 4.78 is 30.0. The molecule has 0 aliphatic carbocycles. The van der Waals surface area contributed by atoms with Crippen LogP contribution in [0.4, 0.5) is 14.5 Å². The smallest absolute Gasteiger partial charge is 0.411 e. The number of nitrogens with one attached hydrogen (secondary N) is 1. The van der Waals surface area contributed by atoms with Gasteiger partial charge in [-0.2, -0.15) is 0 Å². The first-order valence-corrected chi connectivity index (χ1v) is 5.19. The van der Waals surface area contributed by atoms with E-state index in [0.29, 0.717) is 0 Å². The third-order valence-corrected chi connectivity index (χ3v) is 1.98. The van der Waals surface area contributed by atoms with Crippen molar-refractivity contribution in [2.45, 2.75) is 6.92 Å². The van der Waals surface area contributed by atoms with Crippen molar-refractivity contribution in [3.63, 3.8) is 0 Å². The minimum absolute atomic E-state index is 0.0187. The minimum Gasteiger partial charge on any atom is -0.458 e. The third-order valence-electron chi connectivity index (χ3n) is 1.98. The van der Waals surface area contributed by atoms with Crippen molar-refractivity contribution in [3.8, 4) is 0 Å². The van der Waals surface area contributed by atoms with Crippen molar-refractivity contribution in [2.24, 2.45) is 0 Å². The van der Waals surface area contributed by atoms with Crippen LogP contribution < -0.4 is 5.32 Å². The number of ether oxygens (including phenoxy) is 1. The van der Waals surface area contributed by atoms with Crippen LogP contribution in [0.2, 0.25) is 0 Å². The van der Waals surface area contributed by atoms with Crippen molar-refractivity contribution in [3.05, 3.63) is 51.8 Å². The maximum absolute atomic E-state index is 12.9. The van der Waals surface area contributed by atoms with Crippen molar-refractivity contribution < 1.29 is 23.2 Å². The van der Waals surface area contributed by atoms with Gasteiger partial charge in [-0.05, 0) is 19.1 Å². The van der Waals surface area contributed by atoms with Gasteiger partial charge in [0.1, 0.15) is 0 Å². The number of benzene rings is 1. The quantitative estimate of drug-likeness (QED) is 0.384. The topological polar surface area (TPSA) is 81.5 Å². The summed E-state index contributed by atoms with van der Waals surface area (Å²) in [6.07, 6.45) is 0.755. The molecular weight excluding hydrogens is 262 g/mol. The van der Waals surface area contributed by atoms with Gasteiger partial charge in [-0.15, -0.1) is 0 Å². The molecule has 0 aliphatic rings. The Morgan fingerprint density at radius 2 is 2.16 bits per heavy atom. The molecule has 0 atom stereocenters. The normalized spacial score (nSPS) is 11.0. The summed E-state index contributed by atoms with van der Waals surface area (Å²) in [7, 11) is 0. The lowest BCUT2D eigenvalue weighted by molar-refractivity contribution is -0.421. The van der Waals surface area contributed by atoms with E-state index >= 15 is 0 Å².